The maximum absolute atomic E-state index is 11.5. The van der Waals surface area contributed by atoms with Gasteiger partial charge >= 0.3 is 0 Å². The smallest absolute Gasteiger partial charge is 0.191 e. The average Bonchev–Trinajstić information content (AvgIpc) is 2.66. The summed E-state index contributed by atoms with van der Waals surface area (Å²) in [6.45, 7) is 10.9. The van der Waals surface area contributed by atoms with Gasteiger partial charge in [-0.1, -0.05) is 19.1 Å². The lowest BCUT2D eigenvalue weighted by atomic mass is 10.1. The van der Waals surface area contributed by atoms with Gasteiger partial charge in [0.15, 0.2) is 15.8 Å². The molecule has 7 nitrogen and oxygen atoms in total. The van der Waals surface area contributed by atoms with E-state index in [0.717, 1.165) is 43.3 Å². The highest BCUT2D eigenvalue weighted by Gasteiger charge is 2.20. The Bertz CT molecular complexity index is 742. The molecule has 1 aliphatic rings. The van der Waals surface area contributed by atoms with Crippen LogP contribution in [0, 0.1) is 6.92 Å². The number of rotatable bonds is 9. The highest BCUT2D eigenvalue weighted by atomic mass is 127. The van der Waals surface area contributed by atoms with E-state index in [1.54, 1.807) is 0 Å². The monoisotopic (exact) mass is 538 g/mol. The van der Waals surface area contributed by atoms with Gasteiger partial charge < -0.3 is 15.4 Å². The summed E-state index contributed by atoms with van der Waals surface area (Å²) in [7, 11) is -2.83. The van der Waals surface area contributed by atoms with E-state index in [4.69, 9.17) is 4.74 Å². The van der Waals surface area contributed by atoms with Crippen LogP contribution in [-0.4, -0.2) is 70.1 Å². The molecule has 1 fully saturated rings. The molecule has 0 spiro atoms. The number of aryl methyl sites for hydroxylation is 1. The van der Waals surface area contributed by atoms with Crippen LogP contribution in [0.5, 0.6) is 5.75 Å². The van der Waals surface area contributed by atoms with Crippen molar-refractivity contribution in [2.45, 2.75) is 33.7 Å². The van der Waals surface area contributed by atoms with Crippen molar-refractivity contribution in [3.63, 3.8) is 0 Å². The lowest BCUT2D eigenvalue weighted by Gasteiger charge is -2.26. The summed E-state index contributed by atoms with van der Waals surface area (Å²) >= 11 is 0. The lowest BCUT2D eigenvalue weighted by molar-refractivity contribution is 0.299. The fraction of sp³-hybridized carbons (Fsp3) is 0.650. The molecule has 0 aromatic heterocycles. The van der Waals surface area contributed by atoms with Crippen LogP contribution in [0.25, 0.3) is 0 Å². The molecular weight excluding hydrogens is 503 g/mol. The lowest BCUT2D eigenvalue weighted by Crippen LogP contribution is -2.45. The number of sulfone groups is 1. The Balaban J connectivity index is 0.00000420. The van der Waals surface area contributed by atoms with Crippen molar-refractivity contribution in [2.75, 3.05) is 50.8 Å². The summed E-state index contributed by atoms with van der Waals surface area (Å²) in [5, 5.41) is 6.60. The minimum Gasteiger partial charge on any atom is -0.493 e. The van der Waals surface area contributed by atoms with Crippen molar-refractivity contribution in [1.82, 2.24) is 15.5 Å². The fourth-order valence-corrected chi connectivity index (χ4v) is 4.23. The van der Waals surface area contributed by atoms with Crippen LogP contribution < -0.4 is 15.4 Å². The average molecular weight is 538 g/mol. The number of benzene rings is 1. The molecule has 9 heteroatoms. The molecule has 2 N–H and O–H groups in total. The van der Waals surface area contributed by atoms with E-state index in [9.17, 15) is 8.42 Å². The molecule has 0 unspecified atom stereocenters. The number of aliphatic imine (C=N–C) groups is 1. The Morgan fingerprint density at radius 2 is 1.93 bits per heavy atom. The van der Waals surface area contributed by atoms with E-state index < -0.39 is 9.84 Å². The second-order valence-corrected chi connectivity index (χ2v) is 9.38. The molecule has 1 aliphatic heterocycles. The number of ether oxygens (including phenoxy) is 1. The van der Waals surface area contributed by atoms with Gasteiger partial charge in [-0.25, -0.2) is 13.4 Å². The molecule has 29 heavy (non-hydrogen) atoms. The Kier molecular flexibility index (Phi) is 11.9. The summed E-state index contributed by atoms with van der Waals surface area (Å²) in [5.74, 6) is 2.18. The third kappa shape index (κ3) is 9.52. The summed E-state index contributed by atoms with van der Waals surface area (Å²) < 4.78 is 28.9. The number of nitrogens with one attached hydrogen (secondary N) is 2. The van der Waals surface area contributed by atoms with Gasteiger partial charge in [0, 0.05) is 38.3 Å². The van der Waals surface area contributed by atoms with Crippen LogP contribution in [0.2, 0.25) is 0 Å². The molecule has 0 bridgehead atoms. The standard InChI is InChI=1S/C20H34N4O3S.HI/c1-4-12-27-19-15-17(3)6-7-18(19)16-23-20(21-5-2)22-8-9-24-10-13-28(25,26)14-11-24;/h6-7,15H,4-5,8-14,16H2,1-3H3,(H2,21,22,23);1H. The first-order valence-electron chi connectivity index (χ1n) is 10.1. The predicted octanol–water partition coefficient (Wildman–Crippen LogP) is 2.19. The van der Waals surface area contributed by atoms with Crippen LogP contribution in [0.15, 0.2) is 23.2 Å². The maximum Gasteiger partial charge on any atom is 0.191 e. The molecule has 0 amide bonds. The molecule has 1 aromatic carbocycles. The zero-order chi connectivity index (χ0) is 20.4. The number of hydrogen-bond acceptors (Lipinski definition) is 5. The normalized spacial score (nSPS) is 16.7. The molecule has 0 atom stereocenters. The number of hydrogen-bond donors (Lipinski definition) is 2. The third-order valence-electron chi connectivity index (χ3n) is 4.59. The molecule has 166 valence electrons. The van der Waals surface area contributed by atoms with Crippen molar-refractivity contribution in [3.8, 4) is 5.75 Å². The number of guanidine groups is 1. The van der Waals surface area contributed by atoms with Gasteiger partial charge in [-0.3, -0.25) is 4.90 Å². The quantitative estimate of drug-likeness (QED) is 0.285. The first kappa shape index (κ1) is 26.0. The van der Waals surface area contributed by atoms with Crippen molar-refractivity contribution < 1.29 is 13.2 Å². The van der Waals surface area contributed by atoms with Gasteiger partial charge in [0.1, 0.15) is 5.75 Å². The van der Waals surface area contributed by atoms with Crippen LogP contribution in [0.4, 0.5) is 0 Å². The molecule has 1 aromatic rings. The molecular formula is C20H35IN4O3S. The Labute approximate surface area is 192 Å². The van der Waals surface area contributed by atoms with Crippen molar-refractivity contribution >= 4 is 39.8 Å². The van der Waals surface area contributed by atoms with E-state index in [0.29, 0.717) is 26.2 Å². The first-order valence-corrected chi connectivity index (χ1v) is 11.9. The number of halogens is 1. The van der Waals surface area contributed by atoms with Gasteiger partial charge in [-0.05, 0) is 31.9 Å². The van der Waals surface area contributed by atoms with Gasteiger partial charge in [0.25, 0.3) is 0 Å². The predicted molar refractivity (Wildman–Crippen MR) is 130 cm³/mol. The van der Waals surface area contributed by atoms with Gasteiger partial charge in [0.05, 0.1) is 24.7 Å². The van der Waals surface area contributed by atoms with Gasteiger partial charge in [0.2, 0.25) is 0 Å². The highest BCUT2D eigenvalue weighted by molar-refractivity contribution is 14.0. The largest absolute Gasteiger partial charge is 0.493 e. The maximum atomic E-state index is 11.5. The SMILES string of the molecule is CCCOc1cc(C)ccc1CN=C(NCC)NCCN1CCS(=O)(=O)CC1.I. The molecule has 1 heterocycles. The van der Waals surface area contributed by atoms with Crippen LogP contribution in [0.3, 0.4) is 0 Å². The second-order valence-electron chi connectivity index (χ2n) is 7.08. The minimum absolute atomic E-state index is 0. The van der Waals surface area contributed by atoms with E-state index in [-0.39, 0.29) is 35.5 Å². The van der Waals surface area contributed by atoms with Crippen molar-refractivity contribution in [1.29, 1.82) is 0 Å². The van der Waals surface area contributed by atoms with Crippen LogP contribution >= 0.6 is 24.0 Å². The minimum atomic E-state index is -2.83. The Hall–Kier alpha value is -1.07. The van der Waals surface area contributed by atoms with Crippen molar-refractivity contribution in [3.05, 3.63) is 29.3 Å². The molecule has 1 saturated heterocycles. The highest BCUT2D eigenvalue weighted by Crippen LogP contribution is 2.21. The third-order valence-corrected chi connectivity index (χ3v) is 6.20. The summed E-state index contributed by atoms with van der Waals surface area (Å²) in [5.41, 5.74) is 2.24. The van der Waals surface area contributed by atoms with Crippen LogP contribution in [-0.2, 0) is 16.4 Å². The van der Waals surface area contributed by atoms with Crippen molar-refractivity contribution in [2.24, 2.45) is 4.99 Å². The Morgan fingerprint density at radius 1 is 1.21 bits per heavy atom. The summed E-state index contributed by atoms with van der Waals surface area (Å²) in [4.78, 5) is 6.86. The van der Waals surface area contributed by atoms with E-state index >= 15 is 0 Å². The van der Waals surface area contributed by atoms with E-state index in [2.05, 4.69) is 52.6 Å². The second kappa shape index (κ2) is 13.3. The molecule has 0 saturated carbocycles. The summed E-state index contributed by atoms with van der Waals surface area (Å²) in [6, 6.07) is 6.21. The van der Waals surface area contributed by atoms with Crippen LogP contribution in [0.1, 0.15) is 31.4 Å². The topological polar surface area (TPSA) is 83.0 Å². The zero-order valence-electron chi connectivity index (χ0n) is 17.7. The first-order chi connectivity index (χ1) is 13.4. The Morgan fingerprint density at radius 3 is 2.59 bits per heavy atom. The van der Waals surface area contributed by atoms with Gasteiger partial charge in [-0.2, -0.15) is 0 Å². The zero-order valence-corrected chi connectivity index (χ0v) is 20.9. The van der Waals surface area contributed by atoms with E-state index in [1.807, 2.05) is 6.92 Å². The summed E-state index contributed by atoms with van der Waals surface area (Å²) in [6.07, 6.45) is 0.971. The molecule has 2 rings (SSSR count). The number of nitrogens with zero attached hydrogens (tertiary/aromatic N) is 2. The molecule has 0 radical (unpaired) electrons. The van der Waals surface area contributed by atoms with Gasteiger partial charge in [-0.15, -0.1) is 24.0 Å². The molecule has 0 aliphatic carbocycles. The fourth-order valence-electron chi connectivity index (χ4n) is 2.95. The van der Waals surface area contributed by atoms with E-state index in [1.165, 1.54) is 5.56 Å².